The molecule has 2 heterocycles. The summed E-state index contributed by atoms with van der Waals surface area (Å²) in [4.78, 5) is 28.9. The molecular weight excluding hydrogens is 420 g/mol. The number of hydrogen-bond donors (Lipinski definition) is 0. The summed E-state index contributed by atoms with van der Waals surface area (Å²) in [6, 6.07) is 16.3. The Morgan fingerprint density at radius 3 is 2.27 bits per heavy atom. The van der Waals surface area contributed by atoms with Crippen LogP contribution in [0.5, 0.6) is 11.5 Å². The van der Waals surface area contributed by atoms with Crippen LogP contribution in [0.2, 0.25) is 0 Å². The molecule has 0 N–H and O–H groups in total. The number of aromatic nitrogens is 2. The van der Waals surface area contributed by atoms with Gasteiger partial charge in [0.25, 0.3) is 11.5 Å². The Bertz CT molecular complexity index is 1180. The first-order chi connectivity index (χ1) is 15.9. The van der Waals surface area contributed by atoms with Crippen molar-refractivity contribution in [2.24, 2.45) is 0 Å². The van der Waals surface area contributed by atoms with Gasteiger partial charge in [0.15, 0.2) is 6.61 Å². The molecule has 0 aliphatic carbocycles. The minimum atomic E-state index is -0.175. The van der Waals surface area contributed by atoms with Crippen molar-refractivity contribution in [3.8, 4) is 17.2 Å². The van der Waals surface area contributed by atoms with Crippen molar-refractivity contribution < 1.29 is 14.3 Å². The second kappa shape index (κ2) is 9.77. The lowest BCUT2D eigenvalue weighted by Crippen LogP contribution is -2.50. The van der Waals surface area contributed by atoms with Crippen LogP contribution >= 0.6 is 0 Å². The van der Waals surface area contributed by atoms with Gasteiger partial charge < -0.3 is 19.3 Å². The number of aryl methyl sites for hydroxylation is 2. The van der Waals surface area contributed by atoms with Gasteiger partial charge in [-0.1, -0.05) is 6.07 Å². The molecule has 0 atom stereocenters. The molecule has 0 unspecified atom stereocenters. The molecule has 33 heavy (non-hydrogen) atoms. The van der Waals surface area contributed by atoms with E-state index in [1.807, 2.05) is 32.0 Å². The van der Waals surface area contributed by atoms with Gasteiger partial charge in [-0.3, -0.25) is 9.59 Å². The van der Waals surface area contributed by atoms with Crippen LogP contribution in [0, 0.1) is 13.8 Å². The van der Waals surface area contributed by atoms with Gasteiger partial charge in [0.1, 0.15) is 17.3 Å². The zero-order chi connectivity index (χ0) is 23.4. The average molecular weight is 449 g/mol. The van der Waals surface area contributed by atoms with Crippen molar-refractivity contribution >= 4 is 11.7 Å². The molecule has 0 bridgehead atoms. The number of rotatable bonds is 6. The van der Waals surface area contributed by atoms with Crippen molar-refractivity contribution in [1.29, 1.82) is 0 Å². The fourth-order valence-electron chi connectivity index (χ4n) is 3.71. The lowest BCUT2D eigenvalue weighted by molar-refractivity contribution is -0.133. The summed E-state index contributed by atoms with van der Waals surface area (Å²) >= 11 is 0. The molecule has 1 aromatic heterocycles. The molecule has 8 heteroatoms. The molecule has 1 fully saturated rings. The number of anilines is 1. The van der Waals surface area contributed by atoms with E-state index in [9.17, 15) is 9.59 Å². The lowest BCUT2D eigenvalue weighted by atomic mass is 10.1. The van der Waals surface area contributed by atoms with Crippen LogP contribution < -0.4 is 19.9 Å². The number of carbonyl (C=O) groups is 1. The molecular formula is C25H28N4O4. The van der Waals surface area contributed by atoms with Gasteiger partial charge >= 0.3 is 0 Å². The summed E-state index contributed by atoms with van der Waals surface area (Å²) in [5, 5.41) is 4.59. The Kier molecular flexibility index (Phi) is 6.63. The van der Waals surface area contributed by atoms with Crippen molar-refractivity contribution in [1.82, 2.24) is 14.7 Å². The third kappa shape index (κ3) is 5.16. The Labute approximate surface area is 193 Å². The largest absolute Gasteiger partial charge is 0.497 e. The summed E-state index contributed by atoms with van der Waals surface area (Å²) in [5.74, 6) is 2.02. The maximum atomic E-state index is 12.6. The number of carbonyl (C=O) groups excluding carboxylic acids is 1. The highest BCUT2D eigenvalue weighted by Crippen LogP contribution is 2.18. The maximum absolute atomic E-state index is 12.6. The highest BCUT2D eigenvalue weighted by molar-refractivity contribution is 5.78. The van der Waals surface area contributed by atoms with Crippen molar-refractivity contribution in [2.45, 2.75) is 13.8 Å². The molecule has 8 nitrogen and oxygen atoms in total. The number of benzene rings is 2. The van der Waals surface area contributed by atoms with Crippen molar-refractivity contribution in [3.05, 3.63) is 76.1 Å². The quantitative estimate of drug-likeness (QED) is 0.577. The van der Waals surface area contributed by atoms with E-state index in [2.05, 4.69) is 10.00 Å². The normalized spacial score (nSPS) is 13.7. The summed E-state index contributed by atoms with van der Waals surface area (Å²) < 4.78 is 12.2. The number of piperazine rings is 1. The topological polar surface area (TPSA) is 76.9 Å². The highest BCUT2D eigenvalue weighted by atomic mass is 16.5. The zero-order valence-corrected chi connectivity index (χ0v) is 19.2. The van der Waals surface area contributed by atoms with Gasteiger partial charge in [-0.15, -0.1) is 5.10 Å². The van der Waals surface area contributed by atoms with Crippen LogP contribution in [0.1, 0.15) is 11.1 Å². The fraction of sp³-hybridized carbons (Fsp3) is 0.320. The molecule has 1 saturated heterocycles. The SMILES string of the molecule is COc1ccc(OCC(=O)N2CCN(c3ccc(=O)n(-c4ccc(C)c(C)c4)n3)CC2)cc1. The number of methoxy groups -OCH3 is 1. The Morgan fingerprint density at radius 2 is 1.61 bits per heavy atom. The van der Waals surface area contributed by atoms with Crippen LogP contribution in [0.4, 0.5) is 5.82 Å². The van der Waals surface area contributed by atoms with Crippen molar-refractivity contribution in [2.75, 3.05) is 44.8 Å². The zero-order valence-electron chi connectivity index (χ0n) is 19.2. The van der Waals surface area contributed by atoms with Gasteiger partial charge in [-0.2, -0.15) is 4.68 Å². The van der Waals surface area contributed by atoms with E-state index >= 15 is 0 Å². The van der Waals surface area contributed by atoms with E-state index in [1.54, 1.807) is 42.3 Å². The number of ether oxygens (including phenoxy) is 2. The minimum Gasteiger partial charge on any atom is -0.497 e. The van der Waals surface area contributed by atoms with Gasteiger partial charge in [-0.05, 0) is 67.4 Å². The summed E-state index contributed by atoms with van der Waals surface area (Å²) in [6.07, 6.45) is 0. The molecule has 1 aliphatic rings. The van der Waals surface area contributed by atoms with E-state index in [1.165, 1.54) is 16.3 Å². The standard InChI is InChI=1S/C25H28N4O4/c1-18-4-5-20(16-19(18)2)29-24(30)11-10-23(26-29)27-12-14-28(15-13-27)25(31)17-33-22-8-6-21(32-3)7-9-22/h4-11,16H,12-15,17H2,1-3H3. The molecule has 1 amide bonds. The van der Waals surface area contributed by atoms with E-state index in [4.69, 9.17) is 9.47 Å². The second-order valence-corrected chi connectivity index (χ2v) is 8.04. The van der Waals surface area contributed by atoms with Crippen LogP contribution in [0.15, 0.2) is 59.4 Å². The summed E-state index contributed by atoms with van der Waals surface area (Å²) in [6.45, 7) is 6.43. The van der Waals surface area contributed by atoms with Crippen LogP contribution in [-0.2, 0) is 4.79 Å². The van der Waals surface area contributed by atoms with E-state index < -0.39 is 0 Å². The Morgan fingerprint density at radius 1 is 0.909 bits per heavy atom. The minimum absolute atomic E-state index is 0.0117. The van der Waals surface area contributed by atoms with E-state index in [-0.39, 0.29) is 18.1 Å². The van der Waals surface area contributed by atoms with Crippen LogP contribution in [0.3, 0.4) is 0 Å². The first-order valence-electron chi connectivity index (χ1n) is 10.9. The molecule has 0 radical (unpaired) electrons. The monoisotopic (exact) mass is 448 g/mol. The highest BCUT2D eigenvalue weighted by Gasteiger charge is 2.23. The first kappa shape index (κ1) is 22.4. The van der Waals surface area contributed by atoms with Crippen LogP contribution in [0.25, 0.3) is 5.69 Å². The second-order valence-electron chi connectivity index (χ2n) is 8.04. The number of nitrogens with zero attached hydrogens (tertiary/aromatic N) is 4. The third-order valence-corrected chi connectivity index (χ3v) is 5.90. The fourth-order valence-corrected chi connectivity index (χ4v) is 3.71. The summed E-state index contributed by atoms with van der Waals surface area (Å²) in [7, 11) is 1.60. The van der Waals surface area contributed by atoms with E-state index in [0.29, 0.717) is 31.9 Å². The van der Waals surface area contributed by atoms with Gasteiger partial charge in [0.2, 0.25) is 0 Å². The smallest absolute Gasteiger partial charge is 0.271 e. The van der Waals surface area contributed by atoms with Gasteiger partial charge in [0.05, 0.1) is 12.8 Å². The molecule has 1 aliphatic heterocycles. The van der Waals surface area contributed by atoms with Crippen molar-refractivity contribution in [3.63, 3.8) is 0 Å². The predicted molar refractivity (Wildman–Crippen MR) is 127 cm³/mol. The molecule has 172 valence electrons. The predicted octanol–water partition coefficient (Wildman–Crippen LogP) is 2.59. The number of hydrogen-bond acceptors (Lipinski definition) is 6. The molecule has 0 spiro atoms. The first-order valence-corrected chi connectivity index (χ1v) is 10.9. The van der Waals surface area contributed by atoms with Crippen LogP contribution in [-0.4, -0.2) is 60.5 Å². The van der Waals surface area contributed by atoms with Gasteiger partial charge in [0, 0.05) is 32.2 Å². The molecule has 4 rings (SSSR count). The molecule has 3 aromatic rings. The Balaban J connectivity index is 1.36. The lowest BCUT2D eigenvalue weighted by Gasteiger charge is -2.35. The maximum Gasteiger partial charge on any atom is 0.271 e. The average Bonchev–Trinajstić information content (AvgIpc) is 2.85. The van der Waals surface area contributed by atoms with Gasteiger partial charge in [-0.25, -0.2) is 0 Å². The number of amides is 1. The summed E-state index contributed by atoms with van der Waals surface area (Å²) in [5.41, 5.74) is 2.84. The molecule has 2 aromatic carbocycles. The third-order valence-electron chi connectivity index (χ3n) is 5.90. The Hall–Kier alpha value is -3.81. The van der Waals surface area contributed by atoms with E-state index in [0.717, 1.165) is 22.8 Å². The molecule has 0 saturated carbocycles.